The van der Waals surface area contributed by atoms with Gasteiger partial charge in [0.15, 0.2) is 0 Å². The largest absolute Gasteiger partial charge is 0.488 e. The van der Waals surface area contributed by atoms with Gasteiger partial charge in [0.05, 0.1) is 0 Å². The van der Waals surface area contributed by atoms with Crippen molar-refractivity contribution in [1.29, 1.82) is 0 Å². The highest BCUT2D eigenvalue weighted by molar-refractivity contribution is 5.92. The normalized spacial score (nSPS) is 15.3. The molecule has 5 heteroatoms. The lowest BCUT2D eigenvalue weighted by atomic mass is 9.89. The number of aliphatic imine (C=N–C) groups is 1. The lowest BCUT2D eigenvalue weighted by Crippen LogP contribution is -2.32. The van der Waals surface area contributed by atoms with Gasteiger partial charge in [0.2, 0.25) is 5.91 Å². The van der Waals surface area contributed by atoms with Gasteiger partial charge >= 0.3 is 0 Å². The zero-order valence-corrected chi connectivity index (χ0v) is 20.5. The molecule has 1 amide bonds. The fourth-order valence-electron chi connectivity index (χ4n) is 4.62. The Bertz CT molecular complexity index is 1150. The number of amides is 1. The van der Waals surface area contributed by atoms with Crippen molar-refractivity contribution in [3.63, 3.8) is 0 Å². The summed E-state index contributed by atoms with van der Waals surface area (Å²) in [5, 5.41) is 5.53. The van der Waals surface area contributed by atoms with Crippen LogP contribution in [0.5, 0.6) is 5.75 Å². The lowest BCUT2D eigenvalue weighted by Gasteiger charge is -2.33. The summed E-state index contributed by atoms with van der Waals surface area (Å²) in [6.07, 6.45) is 4.00. The van der Waals surface area contributed by atoms with E-state index in [1.807, 2.05) is 19.9 Å². The van der Waals surface area contributed by atoms with E-state index < -0.39 is 0 Å². The summed E-state index contributed by atoms with van der Waals surface area (Å²) < 4.78 is 6.07. The van der Waals surface area contributed by atoms with Crippen molar-refractivity contribution >= 4 is 28.6 Å². The number of hydrogen-bond donors (Lipinski definition) is 1. The number of benzene rings is 3. The molecule has 3 aromatic rings. The molecule has 178 valence electrons. The topological polar surface area (TPSA) is 53.9 Å². The fourth-order valence-corrected chi connectivity index (χ4v) is 4.62. The number of carbonyl (C=O) groups is 1. The summed E-state index contributed by atoms with van der Waals surface area (Å²) >= 11 is 0. The van der Waals surface area contributed by atoms with Crippen molar-refractivity contribution in [1.82, 2.24) is 4.90 Å². The monoisotopic (exact) mass is 457 g/mol. The molecule has 1 saturated heterocycles. The number of nitrogens with zero attached hydrogens (tertiary/aromatic N) is 2. The van der Waals surface area contributed by atoms with Crippen LogP contribution in [-0.4, -0.2) is 43.8 Å². The summed E-state index contributed by atoms with van der Waals surface area (Å²) in [6.45, 7) is 7.25. The number of piperidine rings is 1. The number of nitrogens with one attached hydrogen (secondary N) is 1. The third kappa shape index (κ3) is 5.84. The maximum Gasteiger partial charge on any atom is 0.226 e. The van der Waals surface area contributed by atoms with Crippen molar-refractivity contribution in [2.75, 3.05) is 32.1 Å². The second kappa shape index (κ2) is 11.3. The molecule has 0 saturated carbocycles. The van der Waals surface area contributed by atoms with Gasteiger partial charge in [0.25, 0.3) is 0 Å². The number of rotatable bonds is 8. The van der Waals surface area contributed by atoms with Crippen LogP contribution in [0.2, 0.25) is 0 Å². The van der Waals surface area contributed by atoms with Crippen LogP contribution in [0.4, 0.5) is 5.69 Å². The Morgan fingerprint density at radius 2 is 1.91 bits per heavy atom. The minimum Gasteiger partial charge on any atom is -0.488 e. The van der Waals surface area contributed by atoms with Crippen LogP contribution >= 0.6 is 0 Å². The van der Waals surface area contributed by atoms with Crippen LogP contribution in [0.1, 0.15) is 43.7 Å². The average molecular weight is 458 g/mol. The molecule has 1 aliphatic heterocycles. The van der Waals surface area contributed by atoms with Crippen LogP contribution < -0.4 is 10.1 Å². The lowest BCUT2D eigenvalue weighted by molar-refractivity contribution is -0.118. The van der Waals surface area contributed by atoms with Crippen LogP contribution in [0.25, 0.3) is 10.8 Å². The average Bonchev–Trinajstić information content (AvgIpc) is 2.86. The predicted molar refractivity (Wildman–Crippen MR) is 141 cm³/mol. The molecule has 0 aromatic heterocycles. The summed E-state index contributed by atoms with van der Waals surface area (Å²) in [7, 11) is 1.77. The first-order valence-corrected chi connectivity index (χ1v) is 12.2. The smallest absolute Gasteiger partial charge is 0.226 e. The van der Waals surface area contributed by atoms with Gasteiger partial charge in [0, 0.05) is 37.0 Å². The number of likely N-dealkylation sites (tertiary alicyclic amines) is 1. The summed E-state index contributed by atoms with van der Waals surface area (Å²) in [5.74, 6) is 1.49. The quantitative estimate of drug-likeness (QED) is 0.429. The Kier molecular flexibility index (Phi) is 7.96. The van der Waals surface area contributed by atoms with Crippen LogP contribution in [0, 0.1) is 5.92 Å². The van der Waals surface area contributed by atoms with E-state index in [2.05, 4.69) is 69.8 Å². The molecule has 34 heavy (non-hydrogen) atoms. The Hall–Kier alpha value is -3.18. The van der Waals surface area contributed by atoms with Crippen LogP contribution in [-0.2, 0) is 11.3 Å². The van der Waals surface area contributed by atoms with E-state index in [-0.39, 0.29) is 11.8 Å². The van der Waals surface area contributed by atoms with Crippen molar-refractivity contribution in [3.05, 3.63) is 71.8 Å². The molecule has 1 N–H and O–H groups in total. The molecule has 0 unspecified atom stereocenters. The van der Waals surface area contributed by atoms with Gasteiger partial charge in [-0.15, -0.1) is 0 Å². The molecular weight excluding hydrogens is 422 g/mol. The maximum absolute atomic E-state index is 12.1. The van der Waals surface area contributed by atoms with Crippen molar-refractivity contribution < 1.29 is 9.53 Å². The molecule has 0 radical (unpaired) electrons. The molecular formula is C29H35N3O2. The number of carbonyl (C=O) groups excluding carboxylic acids is 1. The molecule has 1 heterocycles. The molecule has 1 aliphatic rings. The van der Waals surface area contributed by atoms with E-state index in [4.69, 9.17) is 4.74 Å². The highest BCUT2D eigenvalue weighted by atomic mass is 16.5. The maximum atomic E-state index is 12.1. The first kappa shape index (κ1) is 24.0. The zero-order valence-electron chi connectivity index (χ0n) is 20.5. The van der Waals surface area contributed by atoms with Crippen LogP contribution in [0.3, 0.4) is 0 Å². The minimum absolute atomic E-state index is 0.0240. The first-order valence-electron chi connectivity index (χ1n) is 12.2. The van der Waals surface area contributed by atoms with Crippen molar-refractivity contribution in [2.24, 2.45) is 10.9 Å². The van der Waals surface area contributed by atoms with Gasteiger partial charge in [-0.2, -0.15) is 0 Å². The molecule has 1 fully saturated rings. The second-order valence-corrected chi connectivity index (χ2v) is 9.34. The first-order chi connectivity index (χ1) is 16.5. The van der Waals surface area contributed by atoms with Gasteiger partial charge in [0.1, 0.15) is 12.4 Å². The molecule has 5 nitrogen and oxygen atoms in total. The van der Waals surface area contributed by atoms with E-state index in [1.54, 1.807) is 13.3 Å². The highest BCUT2D eigenvalue weighted by Gasteiger charge is 2.23. The van der Waals surface area contributed by atoms with E-state index in [0.29, 0.717) is 12.5 Å². The van der Waals surface area contributed by atoms with Gasteiger partial charge in [-0.1, -0.05) is 56.3 Å². The van der Waals surface area contributed by atoms with Crippen LogP contribution in [0.15, 0.2) is 65.7 Å². The summed E-state index contributed by atoms with van der Waals surface area (Å²) in [6, 6.07) is 21.1. The molecule has 0 spiro atoms. The second-order valence-electron chi connectivity index (χ2n) is 9.34. The Labute approximate surface area is 202 Å². The van der Waals surface area contributed by atoms with E-state index in [0.717, 1.165) is 43.9 Å². The Morgan fingerprint density at radius 3 is 2.68 bits per heavy atom. The number of anilines is 1. The van der Waals surface area contributed by atoms with E-state index >= 15 is 0 Å². The fraction of sp³-hybridized carbons (Fsp3) is 0.379. The highest BCUT2D eigenvalue weighted by Crippen LogP contribution is 2.33. The zero-order chi connectivity index (χ0) is 23.9. The number of ether oxygens (including phenoxy) is 1. The SMILES string of the molecule is CN=CCOc1ccc2ccccc2c1CN1CCC(c2cccc(NC(=O)C(C)C)c2)CC1. The molecule has 4 rings (SSSR count). The number of fused-ring (bicyclic) bond motifs is 1. The van der Waals surface area contributed by atoms with Gasteiger partial charge in [-0.3, -0.25) is 14.7 Å². The standard InChI is InChI=1S/C29H35N3O2/c1-21(2)29(33)31-25-9-6-8-24(19-25)22-13-16-32(17-14-22)20-27-26-10-5-4-7-23(26)11-12-28(27)34-18-15-30-3/h4-12,15,19,21-22H,13-14,16-18,20H2,1-3H3,(H,31,33). The predicted octanol–water partition coefficient (Wildman–Crippen LogP) is 5.89. The van der Waals surface area contributed by atoms with Gasteiger partial charge < -0.3 is 10.1 Å². The summed E-state index contributed by atoms with van der Waals surface area (Å²) in [5.41, 5.74) is 3.46. The molecule has 0 aliphatic carbocycles. The van der Waals surface area contributed by atoms with Gasteiger partial charge in [-0.05, 0) is 66.4 Å². The Balaban J connectivity index is 1.44. The molecule has 3 aromatic carbocycles. The minimum atomic E-state index is -0.0240. The van der Waals surface area contributed by atoms with Crippen molar-refractivity contribution in [3.8, 4) is 5.75 Å². The summed E-state index contributed by atoms with van der Waals surface area (Å²) in [4.78, 5) is 18.7. The number of hydrogen-bond acceptors (Lipinski definition) is 4. The third-order valence-electron chi connectivity index (χ3n) is 6.61. The van der Waals surface area contributed by atoms with E-state index in [1.165, 1.54) is 21.9 Å². The third-order valence-corrected chi connectivity index (χ3v) is 6.61. The van der Waals surface area contributed by atoms with Crippen molar-refractivity contribution in [2.45, 2.75) is 39.2 Å². The molecule has 0 atom stereocenters. The Morgan fingerprint density at radius 1 is 1.12 bits per heavy atom. The van der Waals surface area contributed by atoms with Gasteiger partial charge in [-0.25, -0.2) is 0 Å². The van der Waals surface area contributed by atoms with E-state index in [9.17, 15) is 4.79 Å². The molecule has 0 bridgehead atoms.